The molecule has 7 heteroatoms. The molecule has 21 heavy (non-hydrogen) atoms. The first kappa shape index (κ1) is 13.4. The van der Waals surface area contributed by atoms with Gasteiger partial charge in [-0.15, -0.1) is 0 Å². The molecule has 3 rings (SSSR count). The highest BCUT2D eigenvalue weighted by molar-refractivity contribution is 7.80. The van der Waals surface area contributed by atoms with Crippen molar-refractivity contribution in [1.29, 1.82) is 0 Å². The highest BCUT2D eigenvalue weighted by Crippen LogP contribution is 2.12. The Bertz CT molecular complexity index is 706. The maximum atomic E-state index is 5.24. The van der Waals surface area contributed by atoms with Gasteiger partial charge >= 0.3 is 0 Å². The Labute approximate surface area is 127 Å². The predicted molar refractivity (Wildman–Crippen MR) is 86.1 cm³/mol. The smallest absolute Gasteiger partial charge is 0.207 e. The fraction of sp³-hybridized carbons (Fsp3) is 0.143. The molecule has 0 spiro atoms. The molecular formula is C14H14N6S. The van der Waals surface area contributed by atoms with Crippen molar-refractivity contribution in [3.05, 3.63) is 48.3 Å². The predicted octanol–water partition coefficient (Wildman–Crippen LogP) is 1.88. The zero-order valence-corrected chi connectivity index (χ0v) is 12.0. The molecule has 0 bridgehead atoms. The molecule has 0 fully saturated rings. The van der Waals surface area contributed by atoms with Crippen LogP contribution in [-0.2, 0) is 6.42 Å². The van der Waals surface area contributed by atoms with Crippen molar-refractivity contribution < 1.29 is 0 Å². The van der Waals surface area contributed by atoms with Crippen LogP contribution in [0, 0.1) is 0 Å². The van der Waals surface area contributed by atoms with Crippen LogP contribution in [-0.4, -0.2) is 31.8 Å². The van der Waals surface area contributed by atoms with Gasteiger partial charge in [0.1, 0.15) is 0 Å². The number of benzene rings is 1. The maximum absolute atomic E-state index is 5.24. The van der Waals surface area contributed by atoms with E-state index in [1.165, 1.54) is 0 Å². The minimum atomic E-state index is 0.526. The highest BCUT2D eigenvalue weighted by atomic mass is 32.1. The van der Waals surface area contributed by atoms with Crippen molar-refractivity contribution in [2.45, 2.75) is 6.42 Å². The molecular weight excluding hydrogens is 284 g/mol. The van der Waals surface area contributed by atoms with Crippen LogP contribution in [0.2, 0.25) is 0 Å². The molecule has 3 aromatic rings. The molecule has 2 heterocycles. The second-order valence-corrected chi connectivity index (χ2v) is 4.86. The second-order valence-electron chi connectivity index (χ2n) is 4.45. The van der Waals surface area contributed by atoms with Crippen molar-refractivity contribution in [1.82, 2.24) is 25.5 Å². The highest BCUT2D eigenvalue weighted by Gasteiger charge is 2.03. The van der Waals surface area contributed by atoms with E-state index in [2.05, 4.69) is 30.8 Å². The van der Waals surface area contributed by atoms with E-state index in [0.717, 1.165) is 23.1 Å². The summed E-state index contributed by atoms with van der Waals surface area (Å²) < 4.78 is 0. The minimum Gasteiger partial charge on any atom is -0.362 e. The third-order valence-electron chi connectivity index (χ3n) is 2.92. The summed E-state index contributed by atoms with van der Waals surface area (Å²) in [5.41, 5.74) is 2.81. The molecule has 3 N–H and O–H groups in total. The number of nitrogens with zero attached hydrogens (tertiary/aromatic N) is 3. The lowest BCUT2D eigenvalue weighted by Gasteiger charge is -2.07. The number of H-pyrrole nitrogens is 1. The van der Waals surface area contributed by atoms with Gasteiger partial charge < -0.3 is 15.6 Å². The molecule has 6 nitrogen and oxygen atoms in total. The first-order valence-electron chi connectivity index (χ1n) is 6.57. The van der Waals surface area contributed by atoms with Crippen LogP contribution in [0.5, 0.6) is 0 Å². The lowest BCUT2D eigenvalue weighted by molar-refractivity contribution is 0.817. The lowest BCUT2D eigenvalue weighted by atomic mass is 10.3. The van der Waals surface area contributed by atoms with Gasteiger partial charge in [-0.05, 0) is 36.5 Å². The van der Waals surface area contributed by atoms with E-state index in [9.17, 15) is 0 Å². The Morgan fingerprint density at radius 1 is 1.19 bits per heavy atom. The van der Waals surface area contributed by atoms with E-state index in [0.29, 0.717) is 17.6 Å². The van der Waals surface area contributed by atoms with E-state index in [-0.39, 0.29) is 0 Å². The van der Waals surface area contributed by atoms with E-state index in [4.69, 9.17) is 12.2 Å². The number of nitrogens with one attached hydrogen (secondary N) is 3. The number of rotatable bonds is 4. The first-order valence-corrected chi connectivity index (χ1v) is 6.98. The Morgan fingerprint density at radius 2 is 2.10 bits per heavy atom. The van der Waals surface area contributed by atoms with Crippen LogP contribution < -0.4 is 10.6 Å². The number of fused-ring (bicyclic) bond motifs is 1. The number of imidazole rings is 1. The lowest BCUT2D eigenvalue weighted by Crippen LogP contribution is -2.30. The summed E-state index contributed by atoms with van der Waals surface area (Å²) in [6.45, 7) is 0.685. The summed E-state index contributed by atoms with van der Waals surface area (Å²) in [6.07, 6.45) is 2.42. The summed E-state index contributed by atoms with van der Waals surface area (Å²) >= 11 is 5.24. The molecule has 0 aliphatic heterocycles. The number of hydrogen-bond acceptors (Lipinski definition) is 4. The van der Waals surface area contributed by atoms with Gasteiger partial charge in [0.15, 0.2) is 5.11 Å². The Hall–Kier alpha value is -2.54. The largest absolute Gasteiger partial charge is 0.362 e. The van der Waals surface area contributed by atoms with Crippen molar-refractivity contribution in [3.8, 4) is 0 Å². The monoisotopic (exact) mass is 298 g/mol. The van der Waals surface area contributed by atoms with Gasteiger partial charge in [-0.25, -0.2) is 4.98 Å². The summed E-state index contributed by atoms with van der Waals surface area (Å²) in [5, 5.41) is 14.5. The standard InChI is InChI=1S/C14H14N6S/c21-14(15-9-7-10-4-3-8-16-20-10)19-13-17-11-5-1-2-6-12(11)18-13/h1-6,8H,7,9H2,(H3,15,17,18,19,21). The molecule has 106 valence electrons. The number of para-hydroxylation sites is 2. The van der Waals surface area contributed by atoms with E-state index >= 15 is 0 Å². The minimum absolute atomic E-state index is 0.526. The van der Waals surface area contributed by atoms with Crippen LogP contribution in [0.15, 0.2) is 42.6 Å². The van der Waals surface area contributed by atoms with E-state index in [1.54, 1.807) is 6.20 Å². The number of thiocarbonyl (C=S) groups is 1. The Kier molecular flexibility index (Phi) is 4.02. The molecule has 0 aliphatic rings. The third kappa shape index (κ3) is 3.51. The molecule has 1 aromatic carbocycles. The van der Waals surface area contributed by atoms with Gasteiger partial charge in [0.05, 0.1) is 16.7 Å². The average molecular weight is 298 g/mol. The second kappa shape index (κ2) is 6.27. The summed E-state index contributed by atoms with van der Waals surface area (Å²) in [4.78, 5) is 7.56. The van der Waals surface area contributed by atoms with Crippen molar-refractivity contribution in [2.75, 3.05) is 11.9 Å². The maximum Gasteiger partial charge on any atom is 0.207 e. The number of hydrogen-bond donors (Lipinski definition) is 3. The van der Waals surface area contributed by atoms with Gasteiger partial charge in [-0.2, -0.15) is 10.2 Å². The van der Waals surface area contributed by atoms with Crippen LogP contribution in [0.3, 0.4) is 0 Å². The Balaban J connectivity index is 1.52. The van der Waals surface area contributed by atoms with Crippen molar-refractivity contribution in [3.63, 3.8) is 0 Å². The molecule has 0 atom stereocenters. The average Bonchev–Trinajstić information content (AvgIpc) is 2.90. The van der Waals surface area contributed by atoms with Gasteiger partial charge in [0, 0.05) is 19.2 Å². The molecule has 0 radical (unpaired) electrons. The van der Waals surface area contributed by atoms with Crippen LogP contribution >= 0.6 is 12.2 Å². The van der Waals surface area contributed by atoms with Crippen molar-refractivity contribution >= 4 is 34.3 Å². The molecule has 0 saturated heterocycles. The van der Waals surface area contributed by atoms with E-state index in [1.807, 2.05) is 36.4 Å². The van der Waals surface area contributed by atoms with Gasteiger partial charge in [0.25, 0.3) is 0 Å². The first-order chi connectivity index (χ1) is 10.3. The van der Waals surface area contributed by atoms with Crippen molar-refractivity contribution in [2.24, 2.45) is 0 Å². The number of anilines is 1. The molecule has 2 aromatic heterocycles. The van der Waals surface area contributed by atoms with Crippen LogP contribution in [0.1, 0.15) is 5.69 Å². The Morgan fingerprint density at radius 3 is 2.90 bits per heavy atom. The van der Waals surface area contributed by atoms with Crippen LogP contribution in [0.25, 0.3) is 11.0 Å². The van der Waals surface area contributed by atoms with E-state index < -0.39 is 0 Å². The summed E-state index contributed by atoms with van der Waals surface area (Å²) in [6, 6.07) is 11.6. The number of aromatic nitrogens is 4. The SMILES string of the molecule is S=C(NCCc1cccnn1)Nc1nc2ccccc2[nH]1. The fourth-order valence-electron chi connectivity index (χ4n) is 1.93. The number of aromatic amines is 1. The van der Waals surface area contributed by atoms with Gasteiger partial charge in [-0.3, -0.25) is 0 Å². The van der Waals surface area contributed by atoms with Crippen LogP contribution in [0.4, 0.5) is 5.95 Å². The summed E-state index contributed by atoms with van der Waals surface area (Å²) in [5.74, 6) is 0.633. The van der Waals surface area contributed by atoms with Gasteiger partial charge in [-0.1, -0.05) is 12.1 Å². The molecule has 0 aliphatic carbocycles. The van der Waals surface area contributed by atoms with Gasteiger partial charge in [0.2, 0.25) is 5.95 Å². The topological polar surface area (TPSA) is 78.5 Å². The zero-order chi connectivity index (χ0) is 14.5. The third-order valence-corrected chi connectivity index (χ3v) is 3.16. The quantitative estimate of drug-likeness (QED) is 0.638. The molecule has 0 saturated carbocycles. The normalized spacial score (nSPS) is 10.5. The molecule has 0 amide bonds. The zero-order valence-electron chi connectivity index (χ0n) is 11.2. The fourth-order valence-corrected chi connectivity index (χ4v) is 2.13. The summed E-state index contributed by atoms with van der Waals surface area (Å²) in [7, 11) is 0. The molecule has 0 unspecified atom stereocenters.